The molecule has 0 aliphatic carbocycles. The van der Waals surface area contributed by atoms with Crippen LogP contribution in [-0.4, -0.2) is 19.4 Å². The average Bonchev–Trinajstić information content (AvgIpc) is 1.08. The lowest BCUT2D eigenvalue weighted by molar-refractivity contribution is 0.549. The smallest absolute Gasteiger partial charge is 0.249 e. The van der Waals surface area contributed by atoms with Crippen LogP contribution in [0.2, 0.25) is 0 Å². The fraction of sp³-hybridized carbons (Fsp3) is 0.286. The average molecular weight is 1200 g/mol. The van der Waals surface area contributed by atoms with Crippen molar-refractivity contribution < 1.29 is 0 Å². The van der Waals surface area contributed by atoms with E-state index in [4.69, 9.17) is 0 Å². The van der Waals surface area contributed by atoms with Gasteiger partial charge in [0.1, 0.15) is 0 Å². The summed E-state index contributed by atoms with van der Waals surface area (Å²) in [6.45, 7) is 42.6. The van der Waals surface area contributed by atoms with E-state index in [2.05, 4.69) is 346 Å². The molecule has 11 aromatic rings. The van der Waals surface area contributed by atoms with E-state index < -0.39 is 8.07 Å². The fourth-order valence-corrected chi connectivity index (χ4v) is 20.4. The number of anilines is 3. The van der Waals surface area contributed by atoms with Crippen molar-refractivity contribution in [3.05, 3.63) is 246 Å². The van der Waals surface area contributed by atoms with Gasteiger partial charge in [-0.05, 0) is 163 Å². The van der Waals surface area contributed by atoms with Crippen molar-refractivity contribution in [1.29, 1.82) is 0 Å². The van der Waals surface area contributed by atoms with Crippen LogP contribution >= 0.6 is 11.8 Å². The highest BCUT2D eigenvalue weighted by Gasteiger charge is 2.47. The van der Waals surface area contributed by atoms with Gasteiger partial charge >= 0.3 is 0 Å². The highest BCUT2D eigenvalue weighted by Crippen LogP contribution is 2.52. The van der Waals surface area contributed by atoms with Gasteiger partial charge < -0.3 is 9.47 Å². The van der Waals surface area contributed by atoms with Crippen LogP contribution < -0.4 is 42.0 Å². The van der Waals surface area contributed by atoms with Gasteiger partial charge in [-0.3, -0.25) is 0 Å². The zero-order valence-corrected chi connectivity index (χ0v) is 57.9. The molecule has 1 aromatic heterocycles. The minimum Gasteiger partial charge on any atom is -0.311 e. The van der Waals surface area contributed by atoms with Gasteiger partial charge in [-0.1, -0.05) is 300 Å². The van der Waals surface area contributed by atoms with Crippen LogP contribution in [0, 0.1) is 0 Å². The van der Waals surface area contributed by atoms with E-state index in [1.807, 2.05) is 11.8 Å². The van der Waals surface area contributed by atoms with Crippen LogP contribution in [0.3, 0.4) is 0 Å². The van der Waals surface area contributed by atoms with Crippen LogP contribution in [-0.2, 0) is 32.5 Å². The topological polar surface area (TPSA) is 8.17 Å². The Morgan fingerprint density at radius 2 is 0.798 bits per heavy atom. The van der Waals surface area contributed by atoms with Gasteiger partial charge in [0.2, 0.25) is 6.71 Å². The second-order valence-corrected chi connectivity index (χ2v) is 36.8. The molecule has 0 unspecified atom stereocenters. The minimum absolute atomic E-state index is 0.00585. The van der Waals surface area contributed by atoms with Gasteiger partial charge in [0.05, 0.1) is 16.7 Å². The molecule has 2 nitrogen and oxygen atoms in total. The third-order valence-corrected chi connectivity index (χ3v) is 25.4. The molecule has 10 aromatic carbocycles. The van der Waals surface area contributed by atoms with Crippen molar-refractivity contribution in [2.45, 2.75) is 167 Å². The molecule has 0 N–H and O–H groups in total. The van der Waals surface area contributed by atoms with Crippen molar-refractivity contribution in [3.8, 4) is 16.8 Å². The lowest BCUT2D eigenvalue weighted by Crippen LogP contribution is -2.75. The maximum atomic E-state index is 2.80. The van der Waals surface area contributed by atoms with E-state index >= 15 is 0 Å². The highest BCUT2D eigenvalue weighted by atomic mass is 32.2. The summed E-state index contributed by atoms with van der Waals surface area (Å²) in [6.07, 6.45) is 0. The quantitative estimate of drug-likeness (QED) is 0.116. The highest BCUT2D eigenvalue weighted by molar-refractivity contribution is 8.00. The third kappa shape index (κ3) is 10.4. The van der Waals surface area contributed by atoms with Crippen molar-refractivity contribution in [2.75, 3.05) is 4.90 Å². The Morgan fingerprint density at radius 3 is 1.26 bits per heavy atom. The van der Waals surface area contributed by atoms with Crippen LogP contribution in [0.4, 0.5) is 17.1 Å². The first kappa shape index (κ1) is 60.3. The predicted octanol–water partition coefficient (Wildman–Crippen LogP) is 18.4. The van der Waals surface area contributed by atoms with Crippen LogP contribution in [0.5, 0.6) is 0 Å². The summed E-state index contributed by atoms with van der Waals surface area (Å²) in [7, 11) is -3.05. The van der Waals surface area contributed by atoms with E-state index in [0.717, 1.165) is 0 Å². The molecule has 0 atom stereocenters. The predicted molar refractivity (Wildman–Crippen MR) is 392 cm³/mol. The molecular formula is C84H89BN2SSi. The Bertz CT molecular complexity index is 4350. The molecule has 0 spiro atoms. The zero-order chi connectivity index (χ0) is 63.1. The van der Waals surface area contributed by atoms with Crippen LogP contribution in [0.15, 0.2) is 222 Å². The number of aromatic nitrogens is 1. The Balaban J connectivity index is 1.16. The van der Waals surface area contributed by atoms with E-state index in [1.165, 1.54) is 136 Å². The molecule has 0 amide bonds. The summed E-state index contributed by atoms with van der Waals surface area (Å²) in [4.78, 5) is 5.40. The summed E-state index contributed by atoms with van der Waals surface area (Å²) >= 11 is 1.96. The Kier molecular flexibility index (Phi) is 14.4. The lowest BCUT2D eigenvalue weighted by atomic mass is 9.35. The zero-order valence-electron chi connectivity index (χ0n) is 56.1. The first-order valence-corrected chi connectivity index (χ1v) is 35.2. The van der Waals surface area contributed by atoms with Crippen LogP contribution in [0.1, 0.15) is 158 Å². The minimum atomic E-state index is -3.05. The van der Waals surface area contributed by atoms with Gasteiger partial charge in [0.25, 0.3) is 0 Å². The van der Waals surface area contributed by atoms with Crippen molar-refractivity contribution in [3.63, 3.8) is 0 Å². The van der Waals surface area contributed by atoms with Gasteiger partial charge in [0.15, 0.2) is 8.07 Å². The molecular weight excluding hydrogens is 1110 g/mol. The lowest BCUT2D eigenvalue weighted by Gasteiger charge is -2.45. The third-order valence-electron chi connectivity index (χ3n) is 19.5. The normalized spacial score (nSPS) is 13.9. The van der Waals surface area contributed by atoms with Gasteiger partial charge in [-0.15, -0.1) is 0 Å². The van der Waals surface area contributed by atoms with E-state index in [-0.39, 0.29) is 39.2 Å². The Labute approximate surface area is 538 Å². The molecule has 2 aliphatic heterocycles. The summed E-state index contributed by atoms with van der Waals surface area (Å²) in [5.74, 6) is 0. The van der Waals surface area contributed by atoms with E-state index in [9.17, 15) is 0 Å². The van der Waals surface area contributed by atoms with Crippen molar-refractivity contribution in [1.82, 2.24) is 4.57 Å². The number of hydrogen-bond acceptors (Lipinski definition) is 2. The molecule has 0 bridgehead atoms. The molecule has 5 heteroatoms. The summed E-state index contributed by atoms with van der Waals surface area (Å²) in [5.41, 5.74) is 21.6. The van der Waals surface area contributed by atoms with Gasteiger partial charge in [-0.25, -0.2) is 0 Å². The molecule has 2 aliphatic rings. The molecule has 89 heavy (non-hydrogen) atoms. The fourth-order valence-electron chi connectivity index (χ4n) is 14.4. The molecule has 0 saturated heterocycles. The Morgan fingerprint density at radius 1 is 0.337 bits per heavy atom. The van der Waals surface area contributed by atoms with Gasteiger partial charge in [-0.2, -0.15) is 0 Å². The van der Waals surface area contributed by atoms with Crippen LogP contribution in [0.25, 0.3) is 38.6 Å². The van der Waals surface area contributed by atoms with Crippen molar-refractivity contribution in [2.24, 2.45) is 0 Å². The Hall–Kier alpha value is -7.57. The second kappa shape index (κ2) is 21.3. The molecule has 13 rings (SSSR count). The number of fused-ring (bicyclic) bond motifs is 7. The summed E-state index contributed by atoms with van der Waals surface area (Å²) in [5, 5.41) is 8.07. The first-order chi connectivity index (χ1) is 41.9. The molecule has 0 fully saturated rings. The molecule has 0 saturated carbocycles. The SMILES string of the molecule is CC(C)(C)c1ccc(-c2cc3c4c(c2)N(c2c(C(C)(C)C)cc(C(C)(C)C)cc2C(C)(C)C)c2cc([Si](c5ccccc5)(c5ccccc5)c5ccccc5)ccc2B4c2ccc(-n4c5ccc(C(C)(C)C)cc5c5cc(C(C)(C)C)ccc54)cc2S3)cc1. The standard InChI is InChI=1S/C84H89BN2SSi/c1-79(2,3)56-36-34-54(35-37-56)55-46-74-77-76(47-55)88-75-52-60(86-71-44-38-57(80(4,5)6)48-65(71)66-49-58(81(7,8)9)39-45-72(66)86)40-42-70(75)85(77)69-43-41-64(89(61-28-22-19-23-29-61,62-30-24-20-25-31-62)63-32-26-21-27-33-63)53-73(69)87(74)78-67(83(13,14)15)50-59(82(10,11)12)51-68(78)84(16,17)18/h19-53H,1-18H3. The maximum absolute atomic E-state index is 3.05. The number of hydrogen-bond donors (Lipinski definition) is 0. The molecule has 3 heterocycles. The monoisotopic (exact) mass is 1200 g/mol. The van der Waals surface area contributed by atoms with Gasteiger partial charge in [0, 0.05) is 37.6 Å². The summed E-state index contributed by atoms with van der Waals surface area (Å²) < 4.78 is 2.55. The first-order valence-electron chi connectivity index (χ1n) is 32.4. The van der Waals surface area contributed by atoms with Crippen molar-refractivity contribution >= 4 is 103 Å². The molecule has 448 valence electrons. The second-order valence-electron chi connectivity index (χ2n) is 31.9. The number of benzene rings is 10. The molecule has 0 radical (unpaired) electrons. The van der Waals surface area contributed by atoms with E-state index in [0.29, 0.717) is 0 Å². The number of rotatable bonds is 7. The largest absolute Gasteiger partial charge is 0.311 e. The van der Waals surface area contributed by atoms with E-state index in [1.54, 1.807) is 0 Å². The number of nitrogens with zero attached hydrogens (tertiary/aromatic N) is 2. The summed E-state index contributed by atoms with van der Waals surface area (Å²) in [6, 6.07) is 83.9. The maximum Gasteiger partial charge on any atom is 0.249 e.